The molecular weight excluding hydrogens is 192 g/mol. The van der Waals surface area contributed by atoms with Crippen molar-refractivity contribution in [3.05, 3.63) is 0 Å². The monoisotopic (exact) mass is 212 g/mol. The third kappa shape index (κ3) is 4.96. The molecule has 1 fully saturated rings. The van der Waals surface area contributed by atoms with Gasteiger partial charge in [-0.15, -0.1) is 0 Å². The van der Waals surface area contributed by atoms with Gasteiger partial charge in [-0.2, -0.15) is 0 Å². The van der Waals surface area contributed by atoms with E-state index in [1.807, 2.05) is 0 Å². The first-order valence-electron chi connectivity index (χ1n) is 5.86. The molecule has 0 aromatic rings. The van der Waals surface area contributed by atoms with Crippen molar-refractivity contribution in [1.29, 1.82) is 0 Å². The van der Waals surface area contributed by atoms with Gasteiger partial charge in [-0.25, -0.2) is 0 Å². The zero-order valence-corrected chi connectivity index (χ0v) is 9.46. The van der Waals surface area contributed by atoms with Crippen molar-refractivity contribution in [1.82, 2.24) is 0 Å². The van der Waals surface area contributed by atoms with E-state index in [9.17, 15) is 9.59 Å². The van der Waals surface area contributed by atoms with Gasteiger partial charge in [0.1, 0.15) is 5.78 Å². The van der Waals surface area contributed by atoms with E-state index >= 15 is 0 Å². The summed E-state index contributed by atoms with van der Waals surface area (Å²) >= 11 is 0. The molecule has 0 amide bonds. The fraction of sp³-hybridized carbons (Fsp3) is 0.833. The molecule has 1 aliphatic carbocycles. The fourth-order valence-corrected chi connectivity index (χ4v) is 1.95. The van der Waals surface area contributed by atoms with Gasteiger partial charge in [-0.05, 0) is 26.2 Å². The predicted molar refractivity (Wildman–Crippen MR) is 57.4 cm³/mol. The Hall–Kier alpha value is -0.860. The molecule has 0 atom stereocenters. The summed E-state index contributed by atoms with van der Waals surface area (Å²) in [5, 5.41) is 0. The Bertz CT molecular complexity index is 217. The third-order valence-electron chi connectivity index (χ3n) is 2.86. The van der Waals surface area contributed by atoms with E-state index in [-0.39, 0.29) is 17.7 Å². The number of Topliss-reactive ketones (excluding diaryl/α,β-unsaturated/α-hetero) is 1. The molecule has 0 N–H and O–H groups in total. The normalized spacial score (nSPS) is 17.4. The maximum absolute atomic E-state index is 11.5. The van der Waals surface area contributed by atoms with Crippen LogP contribution >= 0.6 is 0 Å². The average molecular weight is 212 g/mol. The summed E-state index contributed by atoms with van der Waals surface area (Å²) < 4.78 is 5.14. The molecule has 0 radical (unpaired) electrons. The van der Waals surface area contributed by atoms with Crippen LogP contribution in [0, 0.1) is 5.92 Å². The zero-order chi connectivity index (χ0) is 11.1. The number of hydrogen-bond acceptors (Lipinski definition) is 3. The van der Waals surface area contributed by atoms with Crippen LogP contribution in [-0.4, -0.2) is 18.4 Å². The predicted octanol–water partition coefficient (Wildman–Crippen LogP) is 2.48. The SMILES string of the molecule is CC(=O)CCCOC(=O)C1CCCCC1. The summed E-state index contributed by atoms with van der Waals surface area (Å²) in [6.45, 7) is 1.96. The topological polar surface area (TPSA) is 43.4 Å². The van der Waals surface area contributed by atoms with Gasteiger partial charge < -0.3 is 9.53 Å². The summed E-state index contributed by atoms with van der Waals surface area (Å²) in [6.07, 6.45) is 6.66. The Balaban J connectivity index is 2.09. The maximum atomic E-state index is 11.5. The second-order valence-corrected chi connectivity index (χ2v) is 4.31. The van der Waals surface area contributed by atoms with Crippen LogP contribution in [0.1, 0.15) is 51.9 Å². The van der Waals surface area contributed by atoms with E-state index in [0.717, 1.165) is 25.7 Å². The Morgan fingerprint density at radius 1 is 1.20 bits per heavy atom. The number of hydrogen-bond donors (Lipinski definition) is 0. The van der Waals surface area contributed by atoms with Crippen LogP contribution in [-0.2, 0) is 14.3 Å². The van der Waals surface area contributed by atoms with Gasteiger partial charge in [0.25, 0.3) is 0 Å². The molecule has 0 aromatic carbocycles. The van der Waals surface area contributed by atoms with Crippen LogP contribution < -0.4 is 0 Å². The van der Waals surface area contributed by atoms with Crippen molar-refractivity contribution in [3.63, 3.8) is 0 Å². The smallest absolute Gasteiger partial charge is 0.308 e. The Kier molecular flexibility index (Phi) is 5.37. The van der Waals surface area contributed by atoms with Crippen LogP contribution in [0.5, 0.6) is 0 Å². The Morgan fingerprint density at radius 3 is 2.47 bits per heavy atom. The van der Waals surface area contributed by atoms with Gasteiger partial charge in [-0.3, -0.25) is 4.79 Å². The van der Waals surface area contributed by atoms with Crippen molar-refractivity contribution in [2.75, 3.05) is 6.61 Å². The van der Waals surface area contributed by atoms with Crippen LogP contribution in [0.15, 0.2) is 0 Å². The largest absolute Gasteiger partial charge is 0.465 e. The number of ether oxygens (including phenoxy) is 1. The van der Waals surface area contributed by atoms with Crippen molar-refractivity contribution < 1.29 is 14.3 Å². The lowest BCUT2D eigenvalue weighted by molar-refractivity contribution is -0.150. The molecule has 0 spiro atoms. The summed E-state index contributed by atoms with van der Waals surface area (Å²) in [6, 6.07) is 0. The average Bonchev–Trinajstić information content (AvgIpc) is 2.25. The molecule has 0 heterocycles. The number of esters is 1. The van der Waals surface area contributed by atoms with E-state index in [1.165, 1.54) is 6.42 Å². The molecule has 0 aliphatic heterocycles. The van der Waals surface area contributed by atoms with Crippen molar-refractivity contribution in [2.45, 2.75) is 51.9 Å². The molecule has 0 aromatic heterocycles. The summed E-state index contributed by atoms with van der Waals surface area (Å²) in [5.74, 6) is 0.220. The molecule has 3 heteroatoms. The van der Waals surface area contributed by atoms with Gasteiger partial charge in [0.05, 0.1) is 12.5 Å². The minimum Gasteiger partial charge on any atom is -0.465 e. The zero-order valence-electron chi connectivity index (χ0n) is 9.46. The van der Waals surface area contributed by atoms with Crippen molar-refractivity contribution >= 4 is 11.8 Å². The highest BCUT2D eigenvalue weighted by Gasteiger charge is 2.21. The molecule has 86 valence electrons. The lowest BCUT2D eigenvalue weighted by Crippen LogP contribution is -2.20. The molecule has 1 rings (SSSR count). The van der Waals surface area contributed by atoms with E-state index in [0.29, 0.717) is 19.4 Å². The van der Waals surface area contributed by atoms with Crippen molar-refractivity contribution in [2.24, 2.45) is 5.92 Å². The molecule has 0 saturated heterocycles. The minimum absolute atomic E-state index is 0.0572. The van der Waals surface area contributed by atoms with Gasteiger partial charge >= 0.3 is 5.97 Å². The van der Waals surface area contributed by atoms with Crippen molar-refractivity contribution in [3.8, 4) is 0 Å². The van der Waals surface area contributed by atoms with Gasteiger partial charge in [0, 0.05) is 6.42 Å². The van der Waals surface area contributed by atoms with Gasteiger partial charge in [0.2, 0.25) is 0 Å². The third-order valence-corrected chi connectivity index (χ3v) is 2.86. The molecule has 0 bridgehead atoms. The molecular formula is C12H20O3. The number of ketones is 1. The first kappa shape index (κ1) is 12.2. The Labute approximate surface area is 91.2 Å². The van der Waals surface area contributed by atoms with Crippen LogP contribution in [0.3, 0.4) is 0 Å². The Morgan fingerprint density at radius 2 is 1.87 bits per heavy atom. The molecule has 1 aliphatic rings. The van der Waals surface area contributed by atoms with E-state index in [4.69, 9.17) is 4.74 Å². The molecule has 0 unspecified atom stereocenters. The van der Waals surface area contributed by atoms with E-state index < -0.39 is 0 Å². The highest BCUT2D eigenvalue weighted by molar-refractivity contribution is 5.75. The standard InChI is InChI=1S/C12H20O3/c1-10(13)6-5-9-15-12(14)11-7-3-2-4-8-11/h11H,2-9H2,1H3. The lowest BCUT2D eigenvalue weighted by atomic mass is 9.89. The minimum atomic E-state index is -0.0572. The van der Waals surface area contributed by atoms with Crippen LogP contribution in [0.25, 0.3) is 0 Å². The lowest BCUT2D eigenvalue weighted by Gasteiger charge is -2.19. The first-order valence-corrected chi connectivity index (χ1v) is 5.86. The van der Waals surface area contributed by atoms with Gasteiger partial charge in [-0.1, -0.05) is 19.3 Å². The summed E-state index contributed by atoms with van der Waals surface area (Å²) in [5.41, 5.74) is 0. The highest BCUT2D eigenvalue weighted by atomic mass is 16.5. The quantitative estimate of drug-likeness (QED) is 0.519. The fourth-order valence-electron chi connectivity index (χ4n) is 1.95. The molecule has 1 saturated carbocycles. The van der Waals surface area contributed by atoms with Crippen LogP contribution in [0.4, 0.5) is 0 Å². The second kappa shape index (κ2) is 6.59. The van der Waals surface area contributed by atoms with E-state index in [1.54, 1.807) is 6.92 Å². The number of carbonyl (C=O) groups excluding carboxylic acids is 2. The number of carbonyl (C=O) groups is 2. The molecule has 3 nitrogen and oxygen atoms in total. The first-order chi connectivity index (χ1) is 7.20. The number of rotatable bonds is 5. The summed E-state index contributed by atoms with van der Waals surface area (Å²) in [7, 11) is 0. The summed E-state index contributed by atoms with van der Waals surface area (Å²) in [4.78, 5) is 22.2. The van der Waals surface area contributed by atoms with Gasteiger partial charge in [0.15, 0.2) is 0 Å². The second-order valence-electron chi connectivity index (χ2n) is 4.31. The maximum Gasteiger partial charge on any atom is 0.308 e. The highest BCUT2D eigenvalue weighted by Crippen LogP contribution is 2.24. The van der Waals surface area contributed by atoms with Crippen LogP contribution in [0.2, 0.25) is 0 Å². The van der Waals surface area contributed by atoms with E-state index in [2.05, 4.69) is 0 Å². The molecule has 15 heavy (non-hydrogen) atoms.